The summed E-state index contributed by atoms with van der Waals surface area (Å²) in [6.45, 7) is 0. The topological polar surface area (TPSA) is 68.9 Å². The third-order valence-electron chi connectivity index (χ3n) is 0.855. The average Bonchev–Trinajstić information content (AvgIpc) is 1.94. The summed E-state index contributed by atoms with van der Waals surface area (Å²) in [6.07, 6.45) is 1.29. The van der Waals surface area contributed by atoms with Gasteiger partial charge in [0.25, 0.3) is 0 Å². The van der Waals surface area contributed by atoms with E-state index in [4.69, 9.17) is 11.6 Å². The minimum atomic E-state index is -0.694. The first kappa shape index (κ1) is 8.35. The molecule has 0 aromatic carbocycles. The molecule has 0 radical (unpaired) electrons. The van der Waals surface area contributed by atoms with Gasteiger partial charge in [-0.1, -0.05) is 11.6 Å². The first-order valence-corrected chi connectivity index (χ1v) is 3.61. The largest absolute Gasteiger partial charge is 0.402 e. The standard InChI is InChI=1S/C4HBrClN3O2/c5-2-1-7-3(6)4(8-2)9(10)11/h1H. The molecular weight excluding hydrogens is 237 g/mol. The maximum absolute atomic E-state index is 10.2. The smallest absolute Gasteiger partial charge is 0.358 e. The van der Waals surface area contributed by atoms with Gasteiger partial charge in [-0.3, -0.25) is 0 Å². The number of aromatic nitrogens is 2. The maximum Gasteiger partial charge on any atom is 0.402 e. The fraction of sp³-hybridized carbons (Fsp3) is 0. The molecule has 0 fully saturated rings. The molecule has 0 saturated carbocycles. The van der Waals surface area contributed by atoms with Gasteiger partial charge in [0.1, 0.15) is 0 Å². The summed E-state index contributed by atoms with van der Waals surface area (Å²) in [4.78, 5) is 16.5. The van der Waals surface area contributed by atoms with Gasteiger partial charge >= 0.3 is 5.82 Å². The van der Waals surface area contributed by atoms with Crippen LogP contribution in [-0.4, -0.2) is 14.9 Å². The van der Waals surface area contributed by atoms with E-state index in [0.717, 1.165) is 0 Å². The van der Waals surface area contributed by atoms with Gasteiger partial charge in [0.15, 0.2) is 0 Å². The molecule has 1 heterocycles. The van der Waals surface area contributed by atoms with Crippen LogP contribution in [0.4, 0.5) is 5.82 Å². The van der Waals surface area contributed by atoms with E-state index in [1.165, 1.54) is 6.20 Å². The van der Waals surface area contributed by atoms with Crippen molar-refractivity contribution < 1.29 is 4.92 Å². The lowest BCUT2D eigenvalue weighted by Gasteiger charge is -1.92. The quantitative estimate of drug-likeness (QED) is 0.552. The van der Waals surface area contributed by atoms with Crippen LogP contribution in [-0.2, 0) is 0 Å². The molecule has 5 nitrogen and oxygen atoms in total. The molecule has 0 aliphatic heterocycles. The highest BCUT2D eigenvalue weighted by Crippen LogP contribution is 2.20. The summed E-state index contributed by atoms with van der Waals surface area (Å²) < 4.78 is 0.286. The molecule has 0 unspecified atom stereocenters. The Balaban J connectivity index is 3.23. The molecule has 0 bridgehead atoms. The number of nitro groups is 1. The van der Waals surface area contributed by atoms with Crippen molar-refractivity contribution >= 4 is 33.3 Å². The normalized spacial score (nSPS) is 9.64. The van der Waals surface area contributed by atoms with Crippen LogP contribution in [0.5, 0.6) is 0 Å². The van der Waals surface area contributed by atoms with Crippen LogP contribution in [0.25, 0.3) is 0 Å². The maximum atomic E-state index is 10.2. The number of nitrogens with zero attached hydrogens (tertiary/aromatic N) is 3. The summed E-state index contributed by atoms with van der Waals surface area (Å²) in [5.74, 6) is -0.443. The highest BCUT2D eigenvalue weighted by atomic mass is 79.9. The van der Waals surface area contributed by atoms with Crippen molar-refractivity contribution in [3.8, 4) is 0 Å². The first-order chi connectivity index (χ1) is 5.11. The Labute approximate surface area is 74.7 Å². The molecule has 0 atom stereocenters. The second kappa shape index (κ2) is 3.10. The Hall–Kier alpha value is -0.750. The van der Waals surface area contributed by atoms with E-state index in [2.05, 4.69) is 25.9 Å². The van der Waals surface area contributed by atoms with E-state index in [1.54, 1.807) is 0 Å². The van der Waals surface area contributed by atoms with Crippen LogP contribution in [0.1, 0.15) is 0 Å². The lowest BCUT2D eigenvalue weighted by atomic mass is 10.7. The van der Waals surface area contributed by atoms with Crippen LogP contribution >= 0.6 is 27.5 Å². The van der Waals surface area contributed by atoms with E-state index in [0.29, 0.717) is 0 Å². The minimum Gasteiger partial charge on any atom is -0.358 e. The zero-order chi connectivity index (χ0) is 8.43. The molecule has 11 heavy (non-hydrogen) atoms. The molecule has 0 amide bonds. The second-order valence-electron chi connectivity index (χ2n) is 1.56. The van der Waals surface area contributed by atoms with Crippen molar-refractivity contribution in [1.29, 1.82) is 0 Å². The van der Waals surface area contributed by atoms with Crippen LogP contribution in [0, 0.1) is 10.1 Å². The highest BCUT2D eigenvalue weighted by molar-refractivity contribution is 9.10. The summed E-state index contributed by atoms with van der Waals surface area (Å²) in [6, 6.07) is 0. The van der Waals surface area contributed by atoms with E-state index in [1.807, 2.05) is 0 Å². The Kier molecular flexibility index (Phi) is 2.35. The fourth-order valence-corrected chi connectivity index (χ4v) is 0.890. The van der Waals surface area contributed by atoms with Crippen LogP contribution in [0.2, 0.25) is 5.15 Å². The Bertz CT molecular complexity index is 305. The van der Waals surface area contributed by atoms with Gasteiger partial charge < -0.3 is 10.1 Å². The predicted molar refractivity (Wildman–Crippen MR) is 41.4 cm³/mol. The molecule has 0 spiro atoms. The van der Waals surface area contributed by atoms with E-state index in [9.17, 15) is 10.1 Å². The molecule has 58 valence electrons. The van der Waals surface area contributed by atoms with Crippen molar-refractivity contribution in [3.63, 3.8) is 0 Å². The van der Waals surface area contributed by atoms with Crippen molar-refractivity contribution in [2.24, 2.45) is 0 Å². The van der Waals surface area contributed by atoms with E-state index < -0.39 is 10.7 Å². The monoisotopic (exact) mass is 237 g/mol. The fourth-order valence-electron chi connectivity index (χ4n) is 0.460. The Morgan fingerprint density at radius 3 is 2.82 bits per heavy atom. The molecule has 1 rings (SSSR count). The SMILES string of the molecule is O=[N+]([O-])c1nc(Br)cnc1Cl. The van der Waals surface area contributed by atoms with Gasteiger partial charge in [-0.15, -0.1) is 0 Å². The number of halogens is 2. The number of hydrogen-bond donors (Lipinski definition) is 0. The molecule has 1 aromatic heterocycles. The van der Waals surface area contributed by atoms with Crippen LogP contribution in [0.15, 0.2) is 10.8 Å². The van der Waals surface area contributed by atoms with Gasteiger partial charge in [0.05, 0.1) is 6.20 Å². The minimum absolute atomic E-state index is 0.210. The van der Waals surface area contributed by atoms with Crippen LogP contribution in [0.3, 0.4) is 0 Å². The summed E-state index contributed by atoms with van der Waals surface area (Å²) in [7, 11) is 0. The van der Waals surface area contributed by atoms with Gasteiger partial charge in [-0.2, -0.15) is 0 Å². The lowest BCUT2D eigenvalue weighted by molar-refractivity contribution is -0.389. The summed E-state index contributed by atoms with van der Waals surface area (Å²) >= 11 is 8.28. The zero-order valence-electron chi connectivity index (χ0n) is 4.99. The predicted octanol–water partition coefficient (Wildman–Crippen LogP) is 1.80. The molecule has 0 aliphatic rings. The van der Waals surface area contributed by atoms with Gasteiger partial charge in [0.2, 0.25) is 9.76 Å². The molecule has 0 N–H and O–H groups in total. The van der Waals surface area contributed by atoms with E-state index >= 15 is 0 Å². The highest BCUT2D eigenvalue weighted by Gasteiger charge is 2.15. The number of hydrogen-bond acceptors (Lipinski definition) is 4. The van der Waals surface area contributed by atoms with Gasteiger partial charge in [-0.05, 0) is 9.91 Å². The van der Waals surface area contributed by atoms with E-state index in [-0.39, 0.29) is 9.76 Å². The third-order valence-corrected chi connectivity index (χ3v) is 1.50. The van der Waals surface area contributed by atoms with Crippen molar-refractivity contribution in [3.05, 3.63) is 26.1 Å². The lowest BCUT2D eigenvalue weighted by Crippen LogP contribution is -1.94. The Morgan fingerprint density at radius 2 is 2.36 bits per heavy atom. The summed E-state index contributed by atoms with van der Waals surface area (Å²) in [5.41, 5.74) is 0. The van der Waals surface area contributed by atoms with Gasteiger partial charge in [0, 0.05) is 15.9 Å². The molecule has 0 aliphatic carbocycles. The van der Waals surface area contributed by atoms with Crippen molar-refractivity contribution in [2.45, 2.75) is 0 Å². The number of rotatable bonds is 1. The van der Waals surface area contributed by atoms with Crippen molar-refractivity contribution in [1.82, 2.24) is 9.97 Å². The third kappa shape index (κ3) is 1.84. The molecular formula is C4HBrClN3O2. The van der Waals surface area contributed by atoms with Gasteiger partial charge in [-0.25, -0.2) is 4.98 Å². The van der Waals surface area contributed by atoms with Crippen molar-refractivity contribution in [2.75, 3.05) is 0 Å². The zero-order valence-corrected chi connectivity index (χ0v) is 7.33. The molecule has 1 aromatic rings. The Morgan fingerprint density at radius 1 is 1.73 bits per heavy atom. The molecule has 7 heteroatoms. The average molecular weight is 238 g/mol. The first-order valence-electron chi connectivity index (χ1n) is 2.43. The summed E-state index contributed by atoms with van der Waals surface area (Å²) in [5, 5.41) is 9.96. The van der Waals surface area contributed by atoms with Crippen LogP contribution < -0.4 is 0 Å². The molecule has 0 saturated heterocycles. The second-order valence-corrected chi connectivity index (χ2v) is 2.73.